The molecule has 0 aliphatic heterocycles. The number of H-pyrrole nitrogens is 2. The van der Waals surface area contributed by atoms with E-state index in [9.17, 15) is 9.59 Å². The number of hydrogen-bond donors (Lipinski definition) is 2. The summed E-state index contributed by atoms with van der Waals surface area (Å²) >= 11 is 0. The first-order valence-electron chi connectivity index (χ1n) is 9.61. The Morgan fingerprint density at radius 3 is 2.45 bits per heavy atom. The molecule has 0 bridgehead atoms. The molecule has 5 aromatic rings. The topological polar surface area (TPSA) is 127 Å². The van der Waals surface area contributed by atoms with Gasteiger partial charge in [0, 0.05) is 19.2 Å². The average Bonchev–Trinajstić information content (AvgIpc) is 3.42. The standard InChI is InChI=1S/C21H18N8O2/c1-12-22-19-17(20(30)23-21(31)28(19)2)29(12)11-13-7-9-14(10-8-13)15-5-3-4-6-16(15)18-24-26-27-25-18/h3-10H,11H2,1-2H3,(H,23,30,31)(H,24,25,26,27). The molecule has 10 nitrogen and oxygen atoms in total. The minimum Gasteiger partial charge on any atom is -0.318 e. The quantitative estimate of drug-likeness (QED) is 0.460. The van der Waals surface area contributed by atoms with Crippen LogP contribution in [0.25, 0.3) is 33.7 Å². The molecule has 0 radical (unpaired) electrons. The molecular formula is C21H18N8O2. The van der Waals surface area contributed by atoms with Crippen molar-refractivity contribution in [1.29, 1.82) is 0 Å². The smallest absolute Gasteiger partial charge is 0.318 e. The van der Waals surface area contributed by atoms with E-state index in [2.05, 4.69) is 30.6 Å². The fourth-order valence-electron chi connectivity index (χ4n) is 3.72. The van der Waals surface area contributed by atoms with Crippen molar-refractivity contribution in [2.24, 2.45) is 7.05 Å². The van der Waals surface area contributed by atoms with Crippen LogP contribution in [0.3, 0.4) is 0 Å². The second-order valence-corrected chi connectivity index (χ2v) is 7.23. The number of aromatic amines is 2. The van der Waals surface area contributed by atoms with Crippen molar-refractivity contribution in [1.82, 2.24) is 39.7 Å². The van der Waals surface area contributed by atoms with E-state index in [4.69, 9.17) is 0 Å². The summed E-state index contributed by atoms with van der Waals surface area (Å²) in [5.74, 6) is 1.26. The molecule has 0 saturated heterocycles. The van der Waals surface area contributed by atoms with E-state index >= 15 is 0 Å². The SMILES string of the molecule is Cc1nc2c(c(=O)[nH]c(=O)n2C)n1Cc1ccc(-c2ccccc2-c2nnn[nH]2)cc1. The third-order valence-electron chi connectivity index (χ3n) is 5.33. The van der Waals surface area contributed by atoms with E-state index < -0.39 is 11.2 Å². The summed E-state index contributed by atoms with van der Waals surface area (Å²) in [5, 5.41) is 14.1. The Kier molecular flexibility index (Phi) is 4.32. The Labute approximate surface area is 175 Å². The summed E-state index contributed by atoms with van der Waals surface area (Å²) < 4.78 is 3.16. The van der Waals surface area contributed by atoms with Gasteiger partial charge in [-0.2, -0.15) is 0 Å². The summed E-state index contributed by atoms with van der Waals surface area (Å²) in [4.78, 5) is 31.0. The Hall–Kier alpha value is -4.34. The molecule has 0 spiro atoms. The Morgan fingerprint density at radius 2 is 1.74 bits per heavy atom. The zero-order chi connectivity index (χ0) is 21.5. The molecule has 0 amide bonds. The van der Waals surface area contributed by atoms with Gasteiger partial charge >= 0.3 is 5.69 Å². The van der Waals surface area contributed by atoms with Gasteiger partial charge in [0.05, 0.1) is 0 Å². The van der Waals surface area contributed by atoms with E-state index in [-0.39, 0.29) is 0 Å². The first-order chi connectivity index (χ1) is 15.0. The van der Waals surface area contributed by atoms with Crippen molar-refractivity contribution in [3.05, 3.63) is 80.8 Å². The lowest BCUT2D eigenvalue weighted by molar-refractivity contribution is 0.780. The normalized spacial score (nSPS) is 11.3. The number of nitrogens with zero attached hydrogens (tertiary/aromatic N) is 6. The van der Waals surface area contributed by atoms with Crippen LogP contribution >= 0.6 is 0 Å². The lowest BCUT2D eigenvalue weighted by atomic mass is 9.98. The summed E-state index contributed by atoms with van der Waals surface area (Å²) in [6.07, 6.45) is 0. The largest absolute Gasteiger partial charge is 0.329 e. The maximum absolute atomic E-state index is 12.4. The van der Waals surface area contributed by atoms with Crippen LogP contribution in [-0.2, 0) is 13.6 Å². The van der Waals surface area contributed by atoms with Crippen molar-refractivity contribution >= 4 is 11.2 Å². The van der Waals surface area contributed by atoms with Crippen molar-refractivity contribution in [2.75, 3.05) is 0 Å². The molecule has 0 fully saturated rings. The predicted molar refractivity (Wildman–Crippen MR) is 114 cm³/mol. The molecule has 0 saturated carbocycles. The zero-order valence-corrected chi connectivity index (χ0v) is 16.8. The fraction of sp³-hybridized carbons (Fsp3) is 0.143. The van der Waals surface area contributed by atoms with Crippen molar-refractivity contribution < 1.29 is 0 Å². The second kappa shape index (κ2) is 7.17. The van der Waals surface area contributed by atoms with Crippen LogP contribution < -0.4 is 11.2 Å². The number of aromatic nitrogens is 8. The number of fused-ring (bicyclic) bond motifs is 1. The van der Waals surface area contributed by atoms with Gasteiger partial charge in [-0.3, -0.25) is 14.3 Å². The Balaban J connectivity index is 1.52. The molecule has 5 rings (SSSR count). The lowest BCUT2D eigenvalue weighted by Gasteiger charge is -2.10. The molecule has 31 heavy (non-hydrogen) atoms. The van der Waals surface area contributed by atoms with E-state index in [1.165, 1.54) is 4.57 Å². The molecule has 3 aromatic heterocycles. The molecule has 154 valence electrons. The summed E-state index contributed by atoms with van der Waals surface area (Å²) in [6.45, 7) is 2.28. The molecule has 0 aliphatic rings. The summed E-state index contributed by atoms with van der Waals surface area (Å²) in [6, 6.07) is 15.9. The Bertz CT molecular complexity index is 1510. The van der Waals surface area contributed by atoms with E-state index in [1.54, 1.807) is 7.05 Å². The number of nitrogens with one attached hydrogen (secondary N) is 2. The monoisotopic (exact) mass is 414 g/mol. The minimum absolute atomic E-state index is 0.373. The molecule has 2 N–H and O–H groups in total. The first kappa shape index (κ1) is 18.7. The molecule has 0 unspecified atom stereocenters. The number of aryl methyl sites for hydroxylation is 2. The van der Waals surface area contributed by atoms with Gasteiger partial charge in [-0.25, -0.2) is 14.9 Å². The Morgan fingerprint density at radius 1 is 1.00 bits per heavy atom. The highest BCUT2D eigenvalue weighted by atomic mass is 16.2. The third kappa shape index (κ3) is 3.14. The zero-order valence-electron chi connectivity index (χ0n) is 16.8. The van der Waals surface area contributed by atoms with E-state index in [0.29, 0.717) is 29.4 Å². The number of hydrogen-bond acceptors (Lipinski definition) is 6. The third-order valence-corrected chi connectivity index (χ3v) is 5.33. The molecule has 2 aromatic carbocycles. The van der Waals surface area contributed by atoms with E-state index in [0.717, 1.165) is 22.3 Å². The molecule has 0 atom stereocenters. The maximum atomic E-state index is 12.4. The average molecular weight is 414 g/mol. The number of rotatable bonds is 4. The van der Waals surface area contributed by atoms with Gasteiger partial charge in [0.15, 0.2) is 17.0 Å². The van der Waals surface area contributed by atoms with Gasteiger partial charge in [-0.1, -0.05) is 48.5 Å². The highest BCUT2D eigenvalue weighted by Gasteiger charge is 2.15. The van der Waals surface area contributed by atoms with Gasteiger partial charge < -0.3 is 4.57 Å². The number of benzene rings is 2. The van der Waals surface area contributed by atoms with Crippen LogP contribution in [0.4, 0.5) is 0 Å². The van der Waals surface area contributed by atoms with Crippen molar-refractivity contribution in [3.8, 4) is 22.5 Å². The number of imidazole rings is 1. The highest BCUT2D eigenvalue weighted by Crippen LogP contribution is 2.29. The van der Waals surface area contributed by atoms with Crippen LogP contribution in [0, 0.1) is 6.92 Å². The molecular weight excluding hydrogens is 396 g/mol. The minimum atomic E-state index is -0.480. The van der Waals surface area contributed by atoms with E-state index in [1.807, 2.05) is 60.0 Å². The van der Waals surface area contributed by atoms with Crippen molar-refractivity contribution in [2.45, 2.75) is 13.5 Å². The van der Waals surface area contributed by atoms with Crippen LogP contribution in [0.1, 0.15) is 11.4 Å². The molecule has 10 heteroatoms. The van der Waals surface area contributed by atoms with Gasteiger partial charge in [0.1, 0.15) is 5.82 Å². The van der Waals surface area contributed by atoms with Crippen LogP contribution in [0.5, 0.6) is 0 Å². The van der Waals surface area contributed by atoms with Gasteiger partial charge in [-0.15, -0.1) is 5.10 Å². The molecule has 0 aliphatic carbocycles. The van der Waals surface area contributed by atoms with Crippen LogP contribution in [0.2, 0.25) is 0 Å². The predicted octanol–water partition coefficient (Wildman–Crippen LogP) is 1.63. The van der Waals surface area contributed by atoms with Crippen molar-refractivity contribution in [3.63, 3.8) is 0 Å². The highest BCUT2D eigenvalue weighted by molar-refractivity contribution is 5.80. The van der Waals surface area contributed by atoms with Gasteiger partial charge in [-0.05, 0) is 34.0 Å². The summed E-state index contributed by atoms with van der Waals surface area (Å²) in [7, 11) is 1.59. The van der Waals surface area contributed by atoms with Gasteiger partial charge in [0.25, 0.3) is 5.56 Å². The summed E-state index contributed by atoms with van der Waals surface area (Å²) in [5.41, 5.74) is 3.76. The maximum Gasteiger partial charge on any atom is 0.329 e. The number of tetrazole rings is 1. The fourth-order valence-corrected chi connectivity index (χ4v) is 3.72. The van der Waals surface area contributed by atoms with Gasteiger partial charge in [0.2, 0.25) is 0 Å². The van der Waals surface area contributed by atoms with Crippen LogP contribution in [-0.4, -0.2) is 39.7 Å². The molecule has 3 heterocycles. The lowest BCUT2D eigenvalue weighted by Crippen LogP contribution is -2.29. The second-order valence-electron chi connectivity index (χ2n) is 7.23. The van der Waals surface area contributed by atoms with Crippen LogP contribution in [0.15, 0.2) is 58.1 Å². The first-order valence-corrected chi connectivity index (χ1v) is 9.61.